The molecule has 24 heavy (non-hydrogen) atoms. The molecular weight excluding hydrogens is 304 g/mol. The lowest BCUT2D eigenvalue weighted by Gasteiger charge is -2.43. The zero-order valence-electron chi connectivity index (χ0n) is 14.2. The number of hydrogen-bond donors (Lipinski definition) is 2. The number of nitrogens with zero attached hydrogens (tertiary/aromatic N) is 2. The molecule has 3 rings (SSSR count). The number of hydrogen-bond acceptors (Lipinski definition) is 3. The van der Waals surface area contributed by atoms with Crippen LogP contribution in [-0.4, -0.2) is 60.0 Å². The Morgan fingerprint density at radius 3 is 2.75 bits per heavy atom. The summed E-state index contributed by atoms with van der Waals surface area (Å²) in [6.07, 6.45) is 3.32. The molecule has 130 valence electrons. The van der Waals surface area contributed by atoms with Crippen LogP contribution in [0.4, 0.5) is 10.5 Å². The lowest BCUT2D eigenvalue weighted by Crippen LogP contribution is -2.60. The lowest BCUT2D eigenvalue weighted by atomic mass is 10.1. The van der Waals surface area contributed by atoms with Crippen molar-refractivity contribution in [3.8, 4) is 0 Å². The van der Waals surface area contributed by atoms with E-state index in [1.54, 1.807) is 0 Å². The number of amides is 3. The Balaban J connectivity index is 1.51. The summed E-state index contributed by atoms with van der Waals surface area (Å²) >= 11 is 0. The van der Waals surface area contributed by atoms with Gasteiger partial charge in [0.25, 0.3) is 0 Å². The van der Waals surface area contributed by atoms with Crippen LogP contribution in [0.5, 0.6) is 0 Å². The predicted octanol–water partition coefficient (Wildman–Crippen LogP) is 1.89. The highest BCUT2D eigenvalue weighted by Gasteiger charge is 2.37. The van der Waals surface area contributed by atoms with E-state index in [0.29, 0.717) is 6.04 Å². The number of carbonyl (C=O) groups excluding carboxylic acids is 2. The maximum absolute atomic E-state index is 12.5. The van der Waals surface area contributed by atoms with E-state index < -0.39 is 0 Å². The van der Waals surface area contributed by atoms with Crippen molar-refractivity contribution in [2.45, 2.75) is 38.3 Å². The highest BCUT2D eigenvalue weighted by molar-refractivity contribution is 5.94. The van der Waals surface area contributed by atoms with Crippen molar-refractivity contribution in [2.75, 3.05) is 31.5 Å². The number of carbonyl (C=O) groups is 2. The molecule has 2 heterocycles. The molecule has 2 fully saturated rings. The molecule has 0 spiro atoms. The fourth-order valence-electron chi connectivity index (χ4n) is 3.67. The Bertz CT molecular complexity index is 578. The SMILES string of the molecule is CCC1CN2CCCC2CN1C(=O)NCC(=O)Nc1ccccc1. The van der Waals surface area contributed by atoms with Crippen LogP contribution in [-0.2, 0) is 4.79 Å². The molecule has 2 saturated heterocycles. The minimum atomic E-state index is -0.206. The molecule has 6 heteroatoms. The number of urea groups is 1. The maximum Gasteiger partial charge on any atom is 0.318 e. The van der Waals surface area contributed by atoms with Crippen molar-refractivity contribution in [2.24, 2.45) is 0 Å². The van der Waals surface area contributed by atoms with Crippen LogP contribution in [0.1, 0.15) is 26.2 Å². The van der Waals surface area contributed by atoms with Crippen LogP contribution in [0.3, 0.4) is 0 Å². The summed E-state index contributed by atoms with van der Waals surface area (Å²) in [6.45, 7) is 4.98. The third kappa shape index (κ3) is 3.87. The number of benzene rings is 1. The second-order valence-corrected chi connectivity index (χ2v) is 6.58. The summed E-state index contributed by atoms with van der Waals surface area (Å²) in [7, 11) is 0. The molecule has 1 aromatic rings. The summed E-state index contributed by atoms with van der Waals surface area (Å²) in [5, 5.41) is 5.56. The van der Waals surface area contributed by atoms with Gasteiger partial charge >= 0.3 is 6.03 Å². The van der Waals surface area contributed by atoms with E-state index in [4.69, 9.17) is 0 Å². The molecule has 0 bridgehead atoms. The third-order valence-electron chi connectivity index (χ3n) is 4.98. The van der Waals surface area contributed by atoms with Gasteiger partial charge in [-0.25, -0.2) is 4.79 Å². The van der Waals surface area contributed by atoms with Gasteiger partial charge in [0.15, 0.2) is 0 Å². The second-order valence-electron chi connectivity index (χ2n) is 6.58. The molecule has 0 aromatic heterocycles. The van der Waals surface area contributed by atoms with E-state index in [9.17, 15) is 9.59 Å². The lowest BCUT2D eigenvalue weighted by molar-refractivity contribution is -0.115. The molecule has 2 aliphatic rings. The summed E-state index contributed by atoms with van der Waals surface area (Å²) in [6, 6.07) is 9.86. The quantitative estimate of drug-likeness (QED) is 0.886. The highest BCUT2D eigenvalue weighted by atomic mass is 16.2. The molecule has 2 aliphatic heterocycles. The van der Waals surface area contributed by atoms with E-state index in [-0.39, 0.29) is 24.5 Å². The van der Waals surface area contributed by atoms with Gasteiger partial charge < -0.3 is 15.5 Å². The van der Waals surface area contributed by atoms with Crippen molar-refractivity contribution in [1.82, 2.24) is 15.1 Å². The zero-order chi connectivity index (χ0) is 16.9. The normalized spacial score (nSPS) is 23.6. The number of rotatable bonds is 4. The average Bonchev–Trinajstić information content (AvgIpc) is 3.06. The highest BCUT2D eigenvalue weighted by Crippen LogP contribution is 2.25. The first-order chi connectivity index (χ1) is 11.7. The van der Waals surface area contributed by atoms with Gasteiger partial charge in [0.1, 0.15) is 0 Å². The van der Waals surface area contributed by atoms with Crippen molar-refractivity contribution in [3.05, 3.63) is 30.3 Å². The first kappa shape index (κ1) is 16.8. The number of para-hydroxylation sites is 1. The first-order valence-corrected chi connectivity index (χ1v) is 8.80. The topological polar surface area (TPSA) is 64.7 Å². The number of anilines is 1. The van der Waals surface area contributed by atoms with Gasteiger partial charge in [-0.05, 0) is 37.9 Å². The van der Waals surface area contributed by atoms with Crippen LogP contribution in [0.15, 0.2) is 30.3 Å². The van der Waals surface area contributed by atoms with E-state index in [1.807, 2.05) is 35.2 Å². The Morgan fingerprint density at radius 1 is 1.21 bits per heavy atom. The smallest absolute Gasteiger partial charge is 0.318 e. The Morgan fingerprint density at radius 2 is 2.00 bits per heavy atom. The monoisotopic (exact) mass is 330 g/mol. The Labute approximate surface area is 143 Å². The Hall–Kier alpha value is -2.08. The Kier molecular flexibility index (Phi) is 5.35. The molecular formula is C18H26N4O2. The molecule has 2 atom stereocenters. The van der Waals surface area contributed by atoms with Crippen LogP contribution < -0.4 is 10.6 Å². The van der Waals surface area contributed by atoms with Crippen molar-refractivity contribution in [3.63, 3.8) is 0 Å². The number of piperazine rings is 1. The van der Waals surface area contributed by atoms with Crippen molar-refractivity contribution < 1.29 is 9.59 Å². The summed E-state index contributed by atoms with van der Waals surface area (Å²) in [4.78, 5) is 28.9. The van der Waals surface area contributed by atoms with Crippen LogP contribution in [0.25, 0.3) is 0 Å². The minimum absolute atomic E-state index is 0.00492. The van der Waals surface area contributed by atoms with Gasteiger partial charge in [-0.2, -0.15) is 0 Å². The fraction of sp³-hybridized carbons (Fsp3) is 0.556. The van der Waals surface area contributed by atoms with Gasteiger partial charge in [0.2, 0.25) is 5.91 Å². The minimum Gasteiger partial charge on any atom is -0.329 e. The van der Waals surface area contributed by atoms with E-state index >= 15 is 0 Å². The first-order valence-electron chi connectivity index (χ1n) is 8.80. The molecule has 2 unspecified atom stereocenters. The number of fused-ring (bicyclic) bond motifs is 1. The molecule has 2 N–H and O–H groups in total. The van der Waals surface area contributed by atoms with Gasteiger partial charge in [0.05, 0.1) is 6.54 Å². The third-order valence-corrected chi connectivity index (χ3v) is 4.98. The molecule has 0 saturated carbocycles. The standard InChI is InChI=1S/C18H26N4O2/c1-2-15-12-21-10-6-9-16(21)13-22(15)18(24)19-11-17(23)20-14-7-4-3-5-8-14/h3-5,7-8,15-16H,2,6,9-13H2,1H3,(H,19,24)(H,20,23). The van der Waals surface area contributed by atoms with Gasteiger partial charge in [-0.1, -0.05) is 25.1 Å². The molecule has 6 nitrogen and oxygen atoms in total. The van der Waals surface area contributed by atoms with Crippen molar-refractivity contribution >= 4 is 17.6 Å². The van der Waals surface area contributed by atoms with Gasteiger partial charge in [-0.3, -0.25) is 9.69 Å². The molecule has 1 aromatic carbocycles. The van der Waals surface area contributed by atoms with Gasteiger partial charge in [0, 0.05) is 30.9 Å². The second kappa shape index (κ2) is 7.66. The summed E-state index contributed by atoms with van der Waals surface area (Å²) < 4.78 is 0. The summed E-state index contributed by atoms with van der Waals surface area (Å²) in [5.41, 5.74) is 0.739. The predicted molar refractivity (Wildman–Crippen MR) is 93.9 cm³/mol. The summed E-state index contributed by atoms with van der Waals surface area (Å²) in [5.74, 6) is -0.206. The van der Waals surface area contributed by atoms with Crippen LogP contribution >= 0.6 is 0 Å². The van der Waals surface area contributed by atoms with E-state index in [0.717, 1.165) is 38.2 Å². The zero-order valence-corrected chi connectivity index (χ0v) is 14.2. The number of nitrogens with one attached hydrogen (secondary N) is 2. The van der Waals surface area contributed by atoms with Crippen LogP contribution in [0, 0.1) is 0 Å². The molecule has 0 radical (unpaired) electrons. The van der Waals surface area contributed by atoms with Gasteiger partial charge in [-0.15, -0.1) is 0 Å². The van der Waals surface area contributed by atoms with Crippen LogP contribution in [0.2, 0.25) is 0 Å². The maximum atomic E-state index is 12.5. The van der Waals surface area contributed by atoms with Crippen molar-refractivity contribution in [1.29, 1.82) is 0 Å². The van der Waals surface area contributed by atoms with E-state index in [1.165, 1.54) is 6.42 Å². The average molecular weight is 330 g/mol. The fourth-order valence-corrected chi connectivity index (χ4v) is 3.67. The largest absolute Gasteiger partial charge is 0.329 e. The van der Waals surface area contributed by atoms with E-state index in [2.05, 4.69) is 22.5 Å². The molecule has 3 amide bonds. The molecule has 0 aliphatic carbocycles.